The van der Waals surface area contributed by atoms with E-state index in [1.165, 1.54) is 0 Å². The highest BCUT2D eigenvalue weighted by Crippen LogP contribution is 2.29. The van der Waals surface area contributed by atoms with Crippen molar-refractivity contribution in [3.05, 3.63) is 70.0 Å². The lowest BCUT2D eigenvalue weighted by atomic mass is 9.85. The van der Waals surface area contributed by atoms with Gasteiger partial charge in [0, 0.05) is 24.7 Å². The molecule has 28 heavy (non-hydrogen) atoms. The summed E-state index contributed by atoms with van der Waals surface area (Å²) in [7, 11) is 0. The third-order valence-corrected chi connectivity index (χ3v) is 5.01. The maximum atomic E-state index is 12.9. The zero-order valence-electron chi connectivity index (χ0n) is 15.8. The van der Waals surface area contributed by atoms with E-state index in [9.17, 15) is 4.79 Å². The van der Waals surface area contributed by atoms with Crippen LogP contribution in [0.2, 0.25) is 0 Å². The predicted octanol–water partition coefficient (Wildman–Crippen LogP) is 3.13. The number of aryl methyl sites for hydroxylation is 1. The molecule has 1 aliphatic heterocycles. The third-order valence-electron chi connectivity index (χ3n) is 5.01. The first-order chi connectivity index (χ1) is 13.3. The Morgan fingerprint density at radius 2 is 2.00 bits per heavy atom. The molecule has 0 radical (unpaired) electrons. The van der Waals surface area contributed by atoms with Gasteiger partial charge in [0.05, 0.1) is 10.9 Å². The predicted molar refractivity (Wildman–Crippen MR) is 107 cm³/mol. The molecule has 0 amide bonds. The number of rotatable bonds is 2. The molecule has 4 rings (SSSR count). The van der Waals surface area contributed by atoms with Crippen LogP contribution >= 0.6 is 0 Å². The molecule has 1 aliphatic rings. The normalized spacial score (nSPS) is 15.1. The number of hydrogen-bond acceptors (Lipinski definition) is 6. The highest BCUT2D eigenvalue weighted by Gasteiger charge is 2.27. The molecule has 2 aromatic heterocycles. The molecule has 0 bridgehead atoms. The fourth-order valence-corrected chi connectivity index (χ4v) is 3.43. The minimum atomic E-state index is -0.202. The van der Waals surface area contributed by atoms with E-state index < -0.39 is 0 Å². The minimum absolute atomic E-state index is 0.0481. The Morgan fingerprint density at radius 1 is 1.18 bits per heavy atom. The topological polar surface area (TPSA) is 105 Å². The average molecular weight is 375 g/mol. The molecule has 0 unspecified atom stereocenters. The smallest absolute Gasteiger partial charge is 0.261 e. The van der Waals surface area contributed by atoms with E-state index in [2.05, 4.69) is 23.8 Å². The van der Waals surface area contributed by atoms with Crippen molar-refractivity contribution in [3.63, 3.8) is 0 Å². The van der Waals surface area contributed by atoms with Crippen molar-refractivity contribution in [2.75, 3.05) is 0 Å². The van der Waals surface area contributed by atoms with Crippen LogP contribution in [-0.4, -0.2) is 26.3 Å². The maximum Gasteiger partial charge on any atom is 0.261 e. The molecule has 3 aromatic rings. The van der Waals surface area contributed by atoms with Crippen LogP contribution in [0.5, 0.6) is 0 Å². The van der Waals surface area contributed by atoms with Gasteiger partial charge in [-0.2, -0.15) is 0 Å². The van der Waals surface area contributed by atoms with Crippen molar-refractivity contribution < 1.29 is 4.74 Å². The van der Waals surface area contributed by atoms with Gasteiger partial charge >= 0.3 is 0 Å². The lowest BCUT2D eigenvalue weighted by molar-refractivity contribution is 0.240. The molecule has 0 saturated heterocycles. The van der Waals surface area contributed by atoms with Gasteiger partial charge in [0.25, 0.3) is 5.56 Å². The monoisotopic (exact) mass is 375 g/mol. The Labute approximate surface area is 162 Å². The summed E-state index contributed by atoms with van der Waals surface area (Å²) in [5.41, 5.74) is 1.38. The number of ether oxygens (including phenoxy) is 1. The summed E-state index contributed by atoms with van der Waals surface area (Å²) >= 11 is 0. The second-order valence-corrected chi connectivity index (χ2v) is 7.79. The fraction of sp³-hybridized carbons (Fsp3) is 0.286. The van der Waals surface area contributed by atoms with Gasteiger partial charge in [0.1, 0.15) is 11.5 Å². The van der Waals surface area contributed by atoms with Gasteiger partial charge in [-0.15, -0.1) is 0 Å². The molecule has 0 spiro atoms. The fourth-order valence-electron chi connectivity index (χ4n) is 3.43. The number of fused-ring (bicyclic) bond motifs is 2. The number of aromatic nitrogens is 3. The molecule has 142 valence electrons. The number of hydrogen-bond donors (Lipinski definition) is 2. The van der Waals surface area contributed by atoms with E-state index in [1.807, 2.05) is 0 Å². The van der Waals surface area contributed by atoms with E-state index >= 15 is 0 Å². The molecule has 0 fully saturated rings. The van der Waals surface area contributed by atoms with Crippen molar-refractivity contribution >= 4 is 22.7 Å². The first-order valence-corrected chi connectivity index (χ1v) is 9.14. The minimum Gasteiger partial charge on any atom is -0.419 e. The van der Waals surface area contributed by atoms with Gasteiger partial charge in [-0.1, -0.05) is 19.9 Å². The van der Waals surface area contributed by atoms with Crippen molar-refractivity contribution in [3.8, 4) is 0 Å². The third kappa shape index (κ3) is 3.31. The van der Waals surface area contributed by atoms with E-state index in [0.29, 0.717) is 28.7 Å². The second kappa shape index (κ2) is 6.67. The number of nitrogens with zero attached hydrogens (tertiary/aromatic N) is 3. The molecule has 1 aromatic carbocycles. The van der Waals surface area contributed by atoms with Crippen LogP contribution in [0.4, 0.5) is 0 Å². The van der Waals surface area contributed by atoms with Crippen molar-refractivity contribution in [1.82, 2.24) is 14.5 Å². The number of benzene rings is 1. The van der Waals surface area contributed by atoms with Gasteiger partial charge in [-0.25, -0.2) is 4.98 Å². The first kappa shape index (κ1) is 18.0. The van der Waals surface area contributed by atoms with Crippen molar-refractivity contribution in [2.45, 2.75) is 33.2 Å². The molecule has 3 heterocycles. The molecule has 0 saturated carbocycles. The number of pyridine rings is 1. The highest BCUT2D eigenvalue weighted by atomic mass is 16.5. The Bertz CT molecular complexity index is 1150. The molecular weight excluding hydrogens is 354 g/mol. The number of nitrogens with one attached hydrogen (secondary N) is 2. The summed E-state index contributed by atoms with van der Waals surface area (Å²) in [5, 5.41) is 16.7. The zero-order chi connectivity index (χ0) is 19.9. The van der Waals surface area contributed by atoms with Crippen molar-refractivity contribution in [2.24, 2.45) is 5.41 Å². The highest BCUT2D eigenvalue weighted by molar-refractivity contribution is 6.05. The second-order valence-electron chi connectivity index (χ2n) is 7.79. The largest absolute Gasteiger partial charge is 0.419 e. The van der Waals surface area contributed by atoms with Crippen LogP contribution in [-0.2, 0) is 17.7 Å². The molecule has 2 N–H and O–H groups in total. The van der Waals surface area contributed by atoms with E-state index in [1.54, 1.807) is 47.2 Å². The van der Waals surface area contributed by atoms with Gasteiger partial charge in [-0.05, 0) is 42.2 Å². The maximum absolute atomic E-state index is 12.9. The Hall–Kier alpha value is -3.35. The van der Waals surface area contributed by atoms with E-state index in [0.717, 1.165) is 18.7 Å². The Kier molecular flexibility index (Phi) is 4.30. The summed E-state index contributed by atoms with van der Waals surface area (Å²) in [5.74, 6) is 0.396. The molecule has 7 heteroatoms. The molecule has 0 atom stereocenters. The summed E-state index contributed by atoms with van der Waals surface area (Å²) in [6, 6.07) is 10.1. The van der Waals surface area contributed by atoms with Gasteiger partial charge in [0.15, 0.2) is 0 Å². The lowest BCUT2D eigenvalue weighted by Gasteiger charge is -2.31. The Morgan fingerprint density at radius 3 is 2.75 bits per heavy atom. The first-order valence-electron chi connectivity index (χ1n) is 9.14. The van der Waals surface area contributed by atoms with Crippen molar-refractivity contribution in [1.29, 1.82) is 10.8 Å². The average Bonchev–Trinajstić information content (AvgIpc) is 2.68. The summed E-state index contributed by atoms with van der Waals surface area (Å²) in [6.07, 6.45) is 3.29. The van der Waals surface area contributed by atoms with Crippen LogP contribution in [0.1, 0.15) is 37.4 Å². The molecular formula is C21H21N5O2. The van der Waals surface area contributed by atoms with Crippen LogP contribution in [0.25, 0.3) is 10.9 Å². The van der Waals surface area contributed by atoms with Gasteiger partial charge < -0.3 is 4.74 Å². The van der Waals surface area contributed by atoms with Gasteiger partial charge in [0.2, 0.25) is 11.8 Å². The lowest BCUT2D eigenvalue weighted by Crippen LogP contribution is -2.36. The van der Waals surface area contributed by atoms with E-state index in [-0.39, 0.29) is 22.8 Å². The van der Waals surface area contributed by atoms with Crippen LogP contribution in [0.3, 0.4) is 0 Å². The quantitative estimate of drug-likeness (QED) is 0.530. The van der Waals surface area contributed by atoms with Crippen LogP contribution in [0.15, 0.2) is 47.4 Å². The Balaban J connectivity index is 1.66. The standard InChI is InChI=1S/C21H21N5O2/c1-21(2)9-8-17-25-16-11-13(6-7-14(16)20(27)26(17)12-21)18(22)28-19(23)15-5-3-4-10-24-15/h3-7,10-11,22-23H,8-9,12H2,1-2H3. The summed E-state index contributed by atoms with van der Waals surface area (Å²) in [6.45, 7) is 4.97. The SMILES string of the molecule is CC1(C)CCc2nc3cc(C(=N)OC(=N)c4ccccn4)ccc3c(=O)n2C1. The zero-order valence-corrected chi connectivity index (χ0v) is 15.8. The van der Waals surface area contributed by atoms with E-state index in [4.69, 9.17) is 15.6 Å². The molecule has 7 nitrogen and oxygen atoms in total. The summed E-state index contributed by atoms with van der Waals surface area (Å²) in [4.78, 5) is 21.6. The summed E-state index contributed by atoms with van der Waals surface area (Å²) < 4.78 is 7.10. The molecule has 0 aliphatic carbocycles. The van der Waals surface area contributed by atoms with Crippen LogP contribution < -0.4 is 5.56 Å². The van der Waals surface area contributed by atoms with Gasteiger partial charge in [-0.3, -0.25) is 25.2 Å². The van der Waals surface area contributed by atoms with Crippen LogP contribution in [0, 0.1) is 16.2 Å².